The third kappa shape index (κ3) is 8.05. The number of hydrogen-bond donors (Lipinski definition) is 3. The third-order valence-electron chi connectivity index (χ3n) is 4.23. The van der Waals surface area contributed by atoms with Crippen LogP contribution >= 0.6 is 0 Å². The van der Waals surface area contributed by atoms with Crippen LogP contribution in [0.2, 0.25) is 0 Å². The van der Waals surface area contributed by atoms with E-state index in [4.69, 9.17) is 5.11 Å². The average Bonchev–Trinajstić information content (AvgIpc) is 2.56. The summed E-state index contributed by atoms with van der Waals surface area (Å²) in [4.78, 5) is 37.2. The molecule has 0 aromatic rings. The Labute approximate surface area is 149 Å². The Kier molecular flexibility index (Phi) is 9.02. The van der Waals surface area contributed by atoms with Crippen molar-refractivity contribution in [1.82, 2.24) is 15.5 Å². The van der Waals surface area contributed by atoms with E-state index in [1.54, 1.807) is 11.0 Å². The van der Waals surface area contributed by atoms with Gasteiger partial charge in [0, 0.05) is 26.1 Å². The molecule has 0 saturated carbocycles. The number of likely N-dealkylation sites (tertiary alicyclic amines) is 1. The number of piperidine rings is 1. The van der Waals surface area contributed by atoms with E-state index in [0.29, 0.717) is 38.4 Å². The van der Waals surface area contributed by atoms with Gasteiger partial charge in [-0.3, -0.25) is 4.79 Å². The first-order valence-corrected chi connectivity index (χ1v) is 8.99. The summed E-state index contributed by atoms with van der Waals surface area (Å²) in [6.07, 6.45) is 4.46. The molecule has 1 heterocycles. The second-order valence-corrected chi connectivity index (χ2v) is 7.06. The van der Waals surface area contributed by atoms with E-state index in [-0.39, 0.29) is 24.3 Å². The van der Waals surface area contributed by atoms with E-state index in [1.807, 2.05) is 13.8 Å². The lowest BCUT2D eigenvalue weighted by atomic mass is 9.94. The van der Waals surface area contributed by atoms with Crippen molar-refractivity contribution in [2.75, 3.05) is 19.6 Å². The van der Waals surface area contributed by atoms with Gasteiger partial charge in [-0.25, -0.2) is 9.59 Å². The van der Waals surface area contributed by atoms with Crippen molar-refractivity contribution in [3.8, 4) is 0 Å². The fraction of sp³-hybridized carbons (Fsp3) is 0.722. The number of carbonyl (C=O) groups excluding carboxylic acids is 2. The van der Waals surface area contributed by atoms with Crippen LogP contribution in [0.25, 0.3) is 0 Å². The standard InChI is InChI=1S/C18H31N3O4/c1-4-5-8-15(17(23)24)20-16(22)10-14-7-6-9-21(12-14)18(25)19-11-13(2)3/h4,13-15H,1,5-12H2,2-3H3,(H,19,25)(H,20,22)(H,23,24). The molecule has 1 saturated heterocycles. The van der Waals surface area contributed by atoms with Crippen LogP contribution in [0.15, 0.2) is 12.7 Å². The zero-order valence-corrected chi connectivity index (χ0v) is 15.3. The number of carboxylic acid groups (broad SMARTS) is 1. The van der Waals surface area contributed by atoms with Gasteiger partial charge in [0.05, 0.1) is 0 Å². The molecule has 3 N–H and O–H groups in total. The van der Waals surface area contributed by atoms with Gasteiger partial charge in [0.25, 0.3) is 0 Å². The highest BCUT2D eigenvalue weighted by Gasteiger charge is 2.27. The molecular weight excluding hydrogens is 322 g/mol. The zero-order chi connectivity index (χ0) is 18.8. The Balaban J connectivity index is 2.46. The first kappa shape index (κ1) is 21.0. The lowest BCUT2D eigenvalue weighted by Gasteiger charge is -2.33. The predicted molar refractivity (Wildman–Crippen MR) is 96.1 cm³/mol. The van der Waals surface area contributed by atoms with Crippen molar-refractivity contribution < 1.29 is 19.5 Å². The molecule has 142 valence electrons. The first-order chi connectivity index (χ1) is 11.8. The van der Waals surface area contributed by atoms with Crippen LogP contribution in [-0.4, -0.2) is 53.6 Å². The van der Waals surface area contributed by atoms with Crippen LogP contribution in [0.4, 0.5) is 4.79 Å². The van der Waals surface area contributed by atoms with E-state index in [1.165, 1.54) is 0 Å². The van der Waals surface area contributed by atoms with Crippen molar-refractivity contribution in [3.63, 3.8) is 0 Å². The molecule has 0 aromatic carbocycles. The number of amides is 3. The van der Waals surface area contributed by atoms with Crippen molar-refractivity contribution >= 4 is 17.9 Å². The molecule has 0 bridgehead atoms. The fourth-order valence-corrected chi connectivity index (χ4v) is 2.88. The van der Waals surface area contributed by atoms with Gasteiger partial charge < -0.3 is 20.6 Å². The molecule has 2 unspecified atom stereocenters. The second-order valence-electron chi connectivity index (χ2n) is 7.06. The molecule has 7 nitrogen and oxygen atoms in total. The molecule has 1 aliphatic rings. The number of hydrogen-bond acceptors (Lipinski definition) is 3. The number of nitrogens with zero attached hydrogens (tertiary/aromatic N) is 1. The smallest absolute Gasteiger partial charge is 0.326 e. The second kappa shape index (κ2) is 10.7. The molecule has 1 rings (SSSR count). The Hall–Kier alpha value is -2.05. The minimum absolute atomic E-state index is 0.0624. The van der Waals surface area contributed by atoms with Crippen molar-refractivity contribution in [3.05, 3.63) is 12.7 Å². The topological polar surface area (TPSA) is 98.7 Å². The van der Waals surface area contributed by atoms with E-state index in [2.05, 4.69) is 17.2 Å². The summed E-state index contributed by atoms with van der Waals surface area (Å²) in [6.45, 7) is 9.49. The summed E-state index contributed by atoms with van der Waals surface area (Å²) >= 11 is 0. The lowest BCUT2D eigenvalue weighted by Crippen LogP contribution is -2.47. The van der Waals surface area contributed by atoms with Crippen molar-refractivity contribution in [2.45, 2.75) is 52.0 Å². The molecule has 0 aromatic heterocycles. The van der Waals surface area contributed by atoms with E-state index >= 15 is 0 Å². The van der Waals surface area contributed by atoms with Crippen LogP contribution < -0.4 is 10.6 Å². The van der Waals surface area contributed by atoms with Gasteiger partial charge in [0.15, 0.2) is 0 Å². The van der Waals surface area contributed by atoms with Crippen molar-refractivity contribution in [1.29, 1.82) is 0 Å². The number of rotatable bonds is 9. The molecule has 2 atom stereocenters. The fourth-order valence-electron chi connectivity index (χ4n) is 2.88. The minimum Gasteiger partial charge on any atom is -0.480 e. The molecule has 0 aliphatic carbocycles. The highest BCUT2D eigenvalue weighted by molar-refractivity contribution is 5.83. The van der Waals surface area contributed by atoms with Crippen LogP contribution in [0, 0.1) is 11.8 Å². The summed E-state index contributed by atoms with van der Waals surface area (Å²) < 4.78 is 0. The molecule has 3 amide bonds. The van der Waals surface area contributed by atoms with Crippen LogP contribution in [0.1, 0.15) is 46.0 Å². The quantitative estimate of drug-likeness (QED) is 0.552. The van der Waals surface area contributed by atoms with Gasteiger partial charge in [-0.1, -0.05) is 19.9 Å². The Morgan fingerprint density at radius 3 is 2.68 bits per heavy atom. The van der Waals surface area contributed by atoms with Gasteiger partial charge in [-0.05, 0) is 37.5 Å². The lowest BCUT2D eigenvalue weighted by molar-refractivity contribution is -0.142. The number of carboxylic acids is 1. The van der Waals surface area contributed by atoms with E-state index in [9.17, 15) is 14.4 Å². The molecule has 1 aliphatic heterocycles. The molecule has 7 heteroatoms. The maximum Gasteiger partial charge on any atom is 0.326 e. The molecule has 0 radical (unpaired) electrons. The van der Waals surface area contributed by atoms with Gasteiger partial charge in [-0.15, -0.1) is 6.58 Å². The van der Waals surface area contributed by atoms with Crippen molar-refractivity contribution in [2.24, 2.45) is 11.8 Å². The Morgan fingerprint density at radius 2 is 2.08 bits per heavy atom. The molecular formula is C18H31N3O4. The number of aliphatic carboxylic acids is 1. The molecule has 0 spiro atoms. The largest absolute Gasteiger partial charge is 0.480 e. The van der Waals surface area contributed by atoms with Gasteiger partial charge in [-0.2, -0.15) is 0 Å². The summed E-state index contributed by atoms with van der Waals surface area (Å²) in [5, 5.41) is 14.6. The van der Waals surface area contributed by atoms with Crippen LogP contribution in [-0.2, 0) is 9.59 Å². The predicted octanol–water partition coefficient (Wildman–Crippen LogP) is 1.99. The van der Waals surface area contributed by atoms with E-state index < -0.39 is 12.0 Å². The number of nitrogens with one attached hydrogen (secondary N) is 2. The van der Waals surface area contributed by atoms with Crippen LogP contribution in [0.5, 0.6) is 0 Å². The van der Waals surface area contributed by atoms with Gasteiger partial charge in [0.2, 0.25) is 5.91 Å². The van der Waals surface area contributed by atoms with E-state index in [0.717, 1.165) is 12.8 Å². The Bertz CT molecular complexity index is 479. The van der Waals surface area contributed by atoms with Gasteiger partial charge >= 0.3 is 12.0 Å². The SMILES string of the molecule is C=CCCC(NC(=O)CC1CCCN(C(=O)NCC(C)C)C1)C(=O)O. The first-order valence-electron chi connectivity index (χ1n) is 8.99. The molecule has 25 heavy (non-hydrogen) atoms. The highest BCUT2D eigenvalue weighted by atomic mass is 16.4. The maximum absolute atomic E-state index is 12.2. The normalized spacial score (nSPS) is 18.5. The number of urea groups is 1. The average molecular weight is 353 g/mol. The van der Waals surface area contributed by atoms with Gasteiger partial charge in [0.1, 0.15) is 6.04 Å². The summed E-state index contributed by atoms with van der Waals surface area (Å²) in [6, 6.07) is -0.979. The number of allylic oxidation sites excluding steroid dienone is 1. The third-order valence-corrected chi connectivity index (χ3v) is 4.23. The minimum atomic E-state index is -1.03. The molecule has 1 fully saturated rings. The summed E-state index contributed by atoms with van der Waals surface area (Å²) in [5.74, 6) is -0.856. The Morgan fingerprint density at radius 1 is 1.36 bits per heavy atom. The van der Waals surface area contributed by atoms with Crippen LogP contribution in [0.3, 0.4) is 0 Å². The monoisotopic (exact) mass is 353 g/mol. The highest BCUT2D eigenvalue weighted by Crippen LogP contribution is 2.20. The maximum atomic E-state index is 12.2. The zero-order valence-electron chi connectivity index (χ0n) is 15.3. The summed E-state index contributed by atoms with van der Waals surface area (Å²) in [5.41, 5.74) is 0. The number of carbonyl (C=O) groups is 3. The summed E-state index contributed by atoms with van der Waals surface area (Å²) in [7, 11) is 0.